The fourth-order valence-electron chi connectivity index (χ4n) is 4.40. The molecule has 0 atom stereocenters. The summed E-state index contributed by atoms with van der Waals surface area (Å²) in [6.07, 6.45) is 2.24. The van der Waals surface area contributed by atoms with Crippen molar-refractivity contribution < 1.29 is 42.0 Å². The third-order valence-corrected chi connectivity index (χ3v) is 9.68. The third-order valence-electron chi connectivity index (χ3n) is 6.04. The highest BCUT2D eigenvalue weighted by molar-refractivity contribution is 7.92. The number of nitro benzene ring substituents is 1. The number of non-ortho nitro benzene ring substituents is 1. The van der Waals surface area contributed by atoms with Crippen LogP contribution in [0.1, 0.15) is 41.1 Å². The molecule has 42 heavy (non-hydrogen) atoms. The van der Waals surface area contributed by atoms with Gasteiger partial charge in [0, 0.05) is 17.0 Å². The number of benzene rings is 1. The smallest absolute Gasteiger partial charge is 0.341 e. The molecule has 17 heteroatoms. The molecule has 0 saturated carbocycles. The molecule has 0 fully saturated rings. The quantitative estimate of drug-likeness (QED) is 0.185. The monoisotopic (exact) mass is 638 g/mol. The van der Waals surface area contributed by atoms with Crippen LogP contribution in [0.4, 0.5) is 10.7 Å². The van der Waals surface area contributed by atoms with Crippen LogP contribution >= 0.6 is 22.7 Å². The summed E-state index contributed by atoms with van der Waals surface area (Å²) in [7, 11) is -4.30. The zero-order valence-corrected chi connectivity index (χ0v) is 25.0. The van der Waals surface area contributed by atoms with Crippen LogP contribution in [0.15, 0.2) is 23.2 Å². The first-order valence-electron chi connectivity index (χ1n) is 12.7. The van der Waals surface area contributed by atoms with Crippen molar-refractivity contribution in [2.75, 3.05) is 30.0 Å². The first-order valence-corrected chi connectivity index (χ1v) is 16.2. The Balaban J connectivity index is 1.54. The molecule has 2 amide bonds. The fourth-order valence-corrected chi connectivity index (χ4v) is 7.79. The number of thiazole rings is 1. The molecule has 224 valence electrons. The molecule has 0 spiro atoms. The Kier molecular flexibility index (Phi) is 9.53. The number of carbonyl (C=O) groups is 4. The predicted molar refractivity (Wildman–Crippen MR) is 153 cm³/mol. The van der Waals surface area contributed by atoms with Gasteiger partial charge in [-0.1, -0.05) is 11.3 Å². The number of fused-ring (bicyclic) bond motifs is 2. The number of rotatable bonds is 11. The van der Waals surface area contributed by atoms with Gasteiger partial charge in [-0.15, -0.1) is 11.3 Å². The molecular formula is C25H26N4O10S3. The lowest BCUT2D eigenvalue weighted by atomic mass is 10.1. The van der Waals surface area contributed by atoms with Gasteiger partial charge in [-0.2, -0.15) is 4.99 Å². The number of anilines is 1. The maximum Gasteiger partial charge on any atom is 0.341 e. The van der Waals surface area contributed by atoms with Gasteiger partial charge in [0.15, 0.2) is 14.6 Å². The number of aromatic nitrogens is 1. The number of hydrogen-bond donors (Lipinski definition) is 1. The summed E-state index contributed by atoms with van der Waals surface area (Å²) in [5.74, 6) is -5.45. The van der Waals surface area contributed by atoms with Gasteiger partial charge in [-0.05, 0) is 44.7 Å². The summed E-state index contributed by atoms with van der Waals surface area (Å²) >= 11 is 2.04. The SMILES string of the molecule is CCOC(=O)Cn1c(=NC(=O)CS(=O)(=O)CC(=O)Nc2sc3c(c2C(=O)OCC)CCC3)sc2cc([N+](=O)[O-])ccc21. The zero-order valence-electron chi connectivity index (χ0n) is 22.5. The van der Waals surface area contributed by atoms with Crippen molar-refractivity contribution in [1.82, 2.24) is 4.57 Å². The summed E-state index contributed by atoms with van der Waals surface area (Å²) in [5.41, 5.74) is 1.14. The summed E-state index contributed by atoms with van der Waals surface area (Å²) in [6.45, 7) is 3.11. The van der Waals surface area contributed by atoms with Gasteiger partial charge in [0.2, 0.25) is 5.91 Å². The Morgan fingerprint density at radius 2 is 1.83 bits per heavy atom. The van der Waals surface area contributed by atoms with Crippen LogP contribution in [0.25, 0.3) is 10.2 Å². The number of thiophene rings is 1. The van der Waals surface area contributed by atoms with E-state index in [0.29, 0.717) is 16.6 Å². The molecule has 4 rings (SSSR count). The highest BCUT2D eigenvalue weighted by atomic mass is 32.2. The molecule has 3 aromatic rings. The van der Waals surface area contributed by atoms with Gasteiger partial charge in [-0.25, -0.2) is 13.2 Å². The summed E-state index contributed by atoms with van der Waals surface area (Å²) in [4.78, 5) is 65.4. The minimum absolute atomic E-state index is 0.0737. The van der Waals surface area contributed by atoms with Crippen LogP contribution < -0.4 is 10.1 Å². The number of hydrogen-bond acceptors (Lipinski definition) is 12. The molecule has 1 aliphatic rings. The predicted octanol–water partition coefficient (Wildman–Crippen LogP) is 2.38. The molecule has 0 unspecified atom stereocenters. The van der Waals surface area contributed by atoms with E-state index >= 15 is 0 Å². The maximum absolute atomic E-state index is 12.7. The molecule has 0 radical (unpaired) electrons. The molecule has 1 aromatic carbocycles. The van der Waals surface area contributed by atoms with Gasteiger partial charge in [0.25, 0.3) is 11.6 Å². The Bertz CT molecular complexity index is 1770. The van der Waals surface area contributed by atoms with E-state index in [2.05, 4.69) is 10.3 Å². The second kappa shape index (κ2) is 12.9. The summed E-state index contributed by atoms with van der Waals surface area (Å²) < 4.78 is 37.2. The Hall–Kier alpha value is -3.96. The van der Waals surface area contributed by atoms with E-state index in [1.54, 1.807) is 13.8 Å². The second-order valence-electron chi connectivity index (χ2n) is 9.05. The third kappa shape index (κ3) is 7.08. The van der Waals surface area contributed by atoms with Gasteiger partial charge < -0.3 is 19.4 Å². The first-order chi connectivity index (χ1) is 19.9. The van der Waals surface area contributed by atoms with Crippen molar-refractivity contribution in [3.63, 3.8) is 0 Å². The largest absolute Gasteiger partial charge is 0.465 e. The van der Waals surface area contributed by atoms with E-state index < -0.39 is 50.0 Å². The Morgan fingerprint density at radius 1 is 1.10 bits per heavy atom. The zero-order chi connectivity index (χ0) is 30.6. The van der Waals surface area contributed by atoms with Crippen molar-refractivity contribution >= 4 is 77.2 Å². The molecule has 0 saturated heterocycles. The number of aryl methyl sites for hydroxylation is 1. The molecule has 1 aliphatic carbocycles. The lowest BCUT2D eigenvalue weighted by Crippen LogP contribution is -2.29. The van der Waals surface area contributed by atoms with E-state index in [9.17, 15) is 37.7 Å². The van der Waals surface area contributed by atoms with Gasteiger partial charge >= 0.3 is 11.9 Å². The van der Waals surface area contributed by atoms with Gasteiger partial charge in [-0.3, -0.25) is 24.5 Å². The van der Waals surface area contributed by atoms with Crippen molar-refractivity contribution in [3.8, 4) is 0 Å². The molecule has 0 bridgehead atoms. The van der Waals surface area contributed by atoms with Crippen LogP contribution in [0, 0.1) is 10.1 Å². The normalized spacial score (nSPS) is 13.1. The van der Waals surface area contributed by atoms with Crippen LogP contribution in [-0.4, -0.2) is 66.4 Å². The van der Waals surface area contributed by atoms with Crippen LogP contribution in [0.2, 0.25) is 0 Å². The number of nitrogens with zero attached hydrogens (tertiary/aromatic N) is 3. The van der Waals surface area contributed by atoms with Crippen LogP contribution in [-0.2, 0) is 53.1 Å². The van der Waals surface area contributed by atoms with Crippen LogP contribution in [0.5, 0.6) is 0 Å². The van der Waals surface area contributed by atoms with Gasteiger partial charge in [0.1, 0.15) is 23.1 Å². The van der Waals surface area contributed by atoms with Crippen molar-refractivity contribution in [3.05, 3.63) is 49.1 Å². The maximum atomic E-state index is 12.7. The highest BCUT2D eigenvalue weighted by Crippen LogP contribution is 2.39. The average molecular weight is 639 g/mol. The summed E-state index contributed by atoms with van der Waals surface area (Å²) in [6, 6.07) is 3.86. The number of sulfone groups is 1. The van der Waals surface area contributed by atoms with Crippen molar-refractivity contribution in [2.24, 2.45) is 4.99 Å². The molecule has 2 aromatic heterocycles. The average Bonchev–Trinajstić information content (AvgIpc) is 3.56. The number of carbonyl (C=O) groups excluding carboxylic acids is 4. The minimum Gasteiger partial charge on any atom is -0.465 e. The minimum atomic E-state index is -4.30. The van der Waals surface area contributed by atoms with Crippen molar-refractivity contribution in [2.45, 2.75) is 39.7 Å². The standard InChI is InChI=1S/C25H26N4O10S3/c1-3-38-21(32)11-28-16-9-8-14(29(34)35)10-18(16)41-25(28)27-20(31)13-42(36,37)12-19(30)26-23-22(24(33)39-4-2)15-6-5-7-17(15)40-23/h8-10H,3-7,11-13H2,1-2H3,(H,26,30). The highest BCUT2D eigenvalue weighted by Gasteiger charge is 2.29. The molecule has 2 heterocycles. The second-order valence-corrected chi connectivity index (χ2v) is 13.2. The topological polar surface area (TPSA) is 193 Å². The lowest BCUT2D eigenvalue weighted by Gasteiger charge is -2.08. The van der Waals surface area contributed by atoms with E-state index in [-0.39, 0.29) is 40.8 Å². The van der Waals surface area contributed by atoms with Crippen molar-refractivity contribution in [1.29, 1.82) is 0 Å². The molecule has 1 N–H and O–H groups in total. The number of ether oxygens (including phenoxy) is 2. The Labute approximate surface area is 247 Å². The number of esters is 2. The Morgan fingerprint density at radius 3 is 2.52 bits per heavy atom. The number of nitrogens with one attached hydrogen (secondary N) is 1. The fraction of sp³-hybridized carbons (Fsp3) is 0.400. The van der Waals surface area contributed by atoms with E-state index in [1.165, 1.54) is 34.1 Å². The molecule has 14 nitrogen and oxygen atoms in total. The summed E-state index contributed by atoms with van der Waals surface area (Å²) in [5, 5.41) is 13.9. The number of amides is 2. The lowest BCUT2D eigenvalue weighted by molar-refractivity contribution is -0.384. The molecular weight excluding hydrogens is 612 g/mol. The van der Waals surface area contributed by atoms with Crippen LogP contribution in [0.3, 0.4) is 0 Å². The van der Waals surface area contributed by atoms with E-state index in [4.69, 9.17) is 9.47 Å². The number of nitro groups is 1. The van der Waals surface area contributed by atoms with Gasteiger partial charge in [0.05, 0.1) is 33.9 Å². The molecule has 0 aliphatic heterocycles. The first kappa shape index (κ1) is 31.0. The van der Waals surface area contributed by atoms with E-state index in [0.717, 1.165) is 34.6 Å². The van der Waals surface area contributed by atoms with E-state index in [1.807, 2.05) is 0 Å².